The summed E-state index contributed by atoms with van der Waals surface area (Å²) in [6.45, 7) is 4.67. The normalized spacial score (nSPS) is 10.3. The van der Waals surface area contributed by atoms with Crippen LogP contribution >= 0.6 is 15.9 Å². The Kier molecular flexibility index (Phi) is 4.45. The number of benzene rings is 2. The summed E-state index contributed by atoms with van der Waals surface area (Å²) in [4.78, 5) is 10.9. The van der Waals surface area contributed by atoms with E-state index >= 15 is 0 Å². The maximum Gasteiger partial charge on any atom is 0.335 e. The van der Waals surface area contributed by atoms with Crippen LogP contribution in [-0.2, 0) is 6.54 Å². The molecule has 0 saturated heterocycles. The van der Waals surface area contributed by atoms with E-state index in [1.807, 2.05) is 19.1 Å². The molecular formula is C16H16BrNO2. The highest BCUT2D eigenvalue weighted by Gasteiger charge is 2.05. The van der Waals surface area contributed by atoms with Gasteiger partial charge in [0.15, 0.2) is 0 Å². The van der Waals surface area contributed by atoms with E-state index in [0.717, 1.165) is 15.7 Å². The predicted octanol–water partition coefficient (Wildman–Crippen LogP) is 4.38. The van der Waals surface area contributed by atoms with Crippen LogP contribution in [0, 0.1) is 13.8 Å². The van der Waals surface area contributed by atoms with Gasteiger partial charge in [0.1, 0.15) is 0 Å². The number of carbonyl (C=O) groups is 1. The van der Waals surface area contributed by atoms with E-state index in [2.05, 4.69) is 40.3 Å². The molecule has 2 aromatic carbocycles. The molecule has 20 heavy (non-hydrogen) atoms. The van der Waals surface area contributed by atoms with Gasteiger partial charge >= 0.3 is 5.97 Å². The number of nitrogens with one attached hydrogen (secondary N) is 1. The van der Waals surface area contributed by atoms with Gasteiger partial charge in [0.05, 0.1) is 5.56 Å². The lowest BCUT2D eigenvalue weighted by Crippen LogP contribution is -2.03. The third-order valence-corrected chi connectivity index (χ3v) is 4.07. The number of anilines is 1. The third kappa shape index (κ3) is 3.39. The van der Waals surface area contributed by atoms with E-state index in [1.54, 1.807) is 12.1 Å². The van der Waals surface area contributed by atoms with Gasteiger partial charge in [-0.15, -0.1) is 0 Å². The molecule has 0 aliphatic rings. The maximum atomic E-state index is 10.9. The highest BCUT2D eigenvalue weighted by Crippen LogP contribution is 2.20. The fourth-order valence-electron chi connectivity index (χ4n) is 2.01. The largest absolute Gasteiger partial charge is 0.478 e. The average molecular weight is 334 g/mol. The molecule has 0 fully saturated rings. The summed E-state index contributed by atoms with van der Waals surface area (Å²) in [6, 6.07) is 11.3. The van der Waals surface area contributed by atoms with Crippen molar-refractivity contribution in [3.8, 4) is 0 Å². The second kappa shape index (κ2) is 6.09. The molecule has 3 nitrogen and oxygen atoms in total. The molecule has 0 amide bonds. The quantitative estimate of drug-likeness (QED) is 0.873. The van der Waals surface area contributed by atoms with Gasteiger partial charge in [-0.1, -0.05) is 28.1 Å². The first-order valence-electron chi connectivity index (χ1n) is 6.30. The van der Waals surface area contributed by atoms with Crippen LogP contribution in [0.5, 0.6) is 0 Å². The Labute approximate surface area is 126 Å². The standard InChI is InChI=1S/C16H16BrNO2/c1-10-7-12(3-5-14(10)17)9-18-15-6-4-13(16(19)20)8-11(15)2/h3-8,18H,9H2,1-2H3,(H,19,20). The lowest BCUT2D eigenvalue weighted by Gasteiger charge is -2.11. The molecule has 0 radical (unpaired) electrons. The van der Waals surface area contributed by atoms with Crippen molar-refractivity contribution in [3.63, 3.8) is 0 Å². The van der Waals surface area contributed by atoms with Crippen molar-refractivity contribution >= 4 is 27.6 Å². The minimum Gasteiger partial charge on any atom is -0.478 e. The number of aryl methyl sites for hydroxylation is 2. The van der Waals surface area contributed by atoms with Crippen molar-refractivity contribution in [2.24, 2.45) is 0 Å². The number of aromatic carboxylic acids is 1. The number of halogens is 1. The van der Waals surface area contributed by atoms with E-state index in [0.29, 0.717) is 12.1 Å². The van der Waals surface area contributed by atoms with Crippen LogP contribution in [0.25, 0.3) is 0 Å². The lowest BCUT2D eigenvalue weighted by atomic mass is 10.1. The van der Waals surface area contributed by atoms with Crippen LogP contribution < -0.4 is 5.32 Å². The Morgan fingerprint density at radius 3 is 2.50 bits per heavy atom. The zero-order valence-electron chi connectivity index (χ0n) is 11.4. The fraction of sp³-hybridized carbons (Fsp3) is 0.188. The summed E-state index contributed by atoms with van der Waals surface area (Å²) in [5.41, 5.74) is 4.58. The first-order valence-corrected chi connectivity index (χ1v) is 7.09. The van der Waals surface area contributed by atoms with Gasteiger partial charge in [-0.05, 0) is 54.8 Å². The molecule has 4 heteroatoms. The molecule has 0 aliphatic carbocycles. The molecule has 0 bridgehead atoms. The number of rotatable bonds is 4. The SMILES string of the molecule is Cc1cc(CNc2ccc(C(=O)O)cc2C)ccc1Br. The molecule has 104 valence electrons. The number of hydrogen-bond donors (Lipinski definition) is 2. The minimum atomic E-state index is -0.900. The van der Waals surface area contributed by atoms with Crippen molar-refractivity contribution in [1.29, 1.82) is 0 Å². The Hall–Kier alpha value is -1.81. The summed E-state index contributed by atoms with van der Waals surface area (Å²) < 4.78 is 1.10. The van der Waals surface area contributed by atoms with Gasteiger partial charge in [-0.25, -0.2) is 4.79 Å². The van der Waals surface area contributed by atoms with Crippen LogP contribution in [0.2, 0.25) is 0 Å². The van der Waals surface area contributed by atoms with E-state index in [9.17, 15) is 4.79 Å². The van der Waals surface area contributed by atoms with Crippen molar-refractivity contribution in [2.45, 2.75) is 20.4 Å². The summed E-state index contributed by atoms with van der Waals surface area (Å²) in [7, 11) is 0. The molecule has 0 aromatic heterocycles. The summed E-state index contributed by atoms with van der Waals surface area (Å²) >= 11 is 3.48. The van der Waals surface area contributed by atoms with Crippen LogP contribution in [0.3, 0.4) is 0 Å². The summed E-state index contributed by atoms with van der Waals surface area (Å²) in [5.74, 6) is -0.900. The fourth-order valence-corrected chi connectivity index (χ4v) is 2.26. The maximum absolute atomic E-state index is 10.9. The molecule has 2 rings (SSSR count). The molecule has 2 aromatic rings. The second-order valence-corrected chi connectivity index (χ2v) is 5.63. The Bertz CT molecular complexity index is 653. The van der Waals surface area contributed by atoms with Gasteiger partial charge in [-0.2, -0.15) is 0 Å². The molecule has 0 unspecified atom stereocenters. The molecule has 0 atom stereocenters. The smallest absolute Gasteiger partial charge is 0.335 e. The average Bonchev–Trinajstić information content (AvgIpc) is 2.41. The highest BCUT2D eigenvalue weighted by atomic mass is 79.9. The van der Waals surface area contributed by atoms with Gasteiger partial charge in [0.2, 0.25) is 0 Å². The molecule has 0 saturated carbocycles. The lowest BCUT2D eigenvalue weighted by molar-refractivity contribution is 0.0697. The molecular weight excluding hydrogens is 318 g/mol. The first kappa shape index (κ1) is 14.6. The van der Waals surface area contributed by atoms with Crippen LogP contribution in [0.4, 0.5) is 5.69 Å². The van der Waals surface area contributed by atoms with Crippen molar-refractivity contribution < 1.29 is 9.90 Å². The Balaban J connectivity index is 2.10. The highest BCUT2D eigenvalue weighted by molar-refractivity contribution is 9.10. The Morgan fingerprint density at radius 2 is 1.90 bits per heavy atom. The summed E-state index contributed by atoms with van der Waals surface area (Å²) in [5, 5.41) is 12.3. The second-order valence-electron chi connectivity index (χ2n) is 4.77. The van der Waals surface area contributed by atoms with Gasteiger partial charge < -0.3 is 10.4 Å². The first-order chi connectivity index (χ1) is 9.47. The summed E-state index contributed by atoms with van der Waals surface area (Å²) in [6.07, 6.45) is 0. The third-order valence-electron chi connectivity index (χ3n) is 3.18. The van der Waals surface area contributed by atoms with Crippen LogP contribution in [0.1, 0.15) is 27.0 Å². The topological polar surface area (TPSA) is 49.3 Å². The molecule has 0 spiro atoms. The zero-order valence-corrected chi connectivity index (χ0v) is 13.0. The molecule has 0 aliphatic heterocycles. The number of hydrogen-bond acceptors (Lipinski definition) is 2. The predicted molar refractivity (Wildman–Crippen MR) is 84.3 cm³/mol. The van der Waals surface area contributed by atoms with E-state index in [1.165, 1.54) is 11.1 Å². The zero-order chi connectivity index (χ0) is 14.7. The Morgan fingerprint density at radius 1 is 1.15 bits per heavy atom. The monoisotopic (exact) mass is 333 g/mol. The molecule has 2 N–H and O–H groups in total. The number of carboxylic acid groups (broad SMARTS) is 1. The van der Waals surface area contributed by atoms with Gasteiger partial charge in [0, 0.05) is 16.7 Å². The molecule has 0 heterocycles. The van der Waals surface area contributed by atoms with Crippen molar-refractivity contribution in [2.75, 3.05) is 5.32 Å². The van der Waals surface area contributed by atoms with E-state index in [4.69, 9.17) is 5.11 Å². The number of carboxylic acids is 1. The van der Waals surface area contributed by atoms with Crippen LogP contribution in [0.15, 0.2) is 40.9 Å². The van der Waals surface area contributed by atoms with Gasteiger partial charge in [0.25, 0.3) is 0 Å². The van der Waals surface area contributed by atoms with Crippen molar-refractivity contribution in [1.82, 2.24) is 0 Å². The van der Waals surface area contributed by atoms with E-state index < -0.39 is 5.97 Å². The van der Waals surface area contributed by atoms with Gasteiger partial charge in [-0.3, -0.25) is 0 Å². The van der Waals surface area contributed by atoms with Crippen molar-refractivity contribution in [3.05, 3.63) is 63.1 Å². The van der Waals surface area contributed by atoms with E-state index in [-0.39, 0.29) is 0 Å². The minimum absolute atomic E-state index is 0.313. The van der Waals surface area contributed by atoms with Crippen LogP contribution in [-0.4, -0.2) is 11.1 Å².